The summed E-state index contributed by atoms with van der Waals surface area (Å²) in [6.07, 6.45) is 1.03. The van der Waals surface area contributed by atoms with Crippen LogP contribution >= 0.6 is 11.6 Å². The first-order chi connectivity index (χ1) is 13.8. The number of amides is 2. The van der Waals surface area contributed by atoms with E-state index in [1.807, 2.05) is 0 Å². The summed E-state index contributed by atoms with van der Waals surface area (Å²) in [5, 5.41) is 3.00. The van der Waals surface area contributed by atoms with Gasteiger partial charge in [0.1, 0.15) is 0 Å². The third kappa shape index (κ3) is 5.35. The number of piperidine rings is 1. The molecule has 0 radical (unpaired) electrons. The maximum absolute atomic E-state index is 12.6. The minimum atomic E-state index is -3.69. The zero-order valence-electron chi connectivity index (χ0n) is 15.9. The number of rotatable bonds is 5. The minimum absolute atomic E-state index is 0.126. The summed E-state index contributed by atoms with van der Waals surface area (Å²) >= 11 is 6.10. The van der Waals surface area contributed by atoms with E-state index in [4.69, 9.17) is 11.6 Å². The normalized spacial score (nSPS) is 15.2. The number of halogens is 1. The van der Waals surface area contributed by atoms with E-state index in [1.54, 1.807) is 41.3 Å². The Morgan fingerprint density at radius 3 is 2.24 bits per heavy atom. The zero-order valence-corrected chi connectivity index (χ0v) is 17.5. The Labute approximate surface area is 175 Å². The van der Waals surface area contributed by atoms with Crippen molar-refractivity contribution in [1.82, 2.24) is 9.62 Å². The van der Waals surface area contributed by atoms with E-state index in [9.17, 15) is 18.0 Å². The summed E-state index contributed by atoms with van der Waals surface area (Å²) in [7, 11) is -3.69. The monoisotopic (exact) mass is 435 g/mol. The van der Waals surface area contributed by atoms with Crippen LogP contribution < -0.4 is 10.0 Å². The molecule has 7 nitrogen and oxygen atoms in total. The average molecular weight is 436 g/mol. The molecule has 0 unspecified atom stereocenters. The van der Waals surface area contributed by atoms with Gasteiger partial charge in [0.25, 0.3) is 5.91 Å². The summed E-state index contributed by atoms with van der Waals surface area (Å²) in [6.45, 7) is 2.27. The molecule has 0 aliphatic carbocycles. The second-order valence-corrected chi connectivity index (χ2v) is 8.99. The second kappa shape index (κ2) is 8.94. The number of nitrogens with zero attached hydrogens (tertiary/aromatic N) is 1. The molecule has 2 amide bonds. The number of hydrogen-bond acceptors (Lipinski definition) is 4. The molecule has 2 aromatic rings. The van der Waals surface area contributed by atoms with E-state index in [0.29, 0.717) is 42.2 Å². The molecule has 1 aliphatic heterocycles. The van der Waals surface area contributed by atoms with Crippen molar-refractivity contribution >= 4 is 39.1 Å². The smallest absolute Gasteiger partial charge is 0.255 e. The molecule has 1 aliphatic rings. The van der Waals surface area contributed by atoms with E-state index in [2.05, 4.69) is 10.0 Å². The number of benzene rings is 2. The molecule has 1 fully saturated rings. The first-order valence-electron chi connectivity index (χ1n) is 9.20. The number of hydrogen-bond donors (Lipinski definition) is 2. The lowest BCUT2D eigenvalue weighted by molar-refractivity contribution is -0.114. The van der Waals surface area contributed by atoms with E-state index in [-0.39, 0.29) is 22.8 Å². The van der Waals surface area contributed by atoms with Gasteiger partial charge in [0, 0.05) is 31.7 Å². The van der Waals surface area contributed by atoms with Crippen LogP contribution in [0, 0.1) is 0 Å². The lowest BCUT2D eigenvalue weighted by Crippen LogP contribution is -2.46. The fourth-order valence-electron chi connectivity index (χ4n) is 3.21. The molecule has 0 bridgehead atoms. The fraction of sp³-hybridized carbons (Fsp3) is 0.300. The maximum atomic E-state index is 12.6. The van der Waals surface area contributed by atoms with Gasteiger partial charge < -0.3 is 10.2 Å². The molecular formula is C20H22ClN3O4S. The van der Waals surface area contributed by atoms with Crippen molar-refractivity contribution in [2.45, 2.75) is 30.7 Å². The van der Waals surface area contributed by atoms with Gasteiger partial charge in [0.15, 0.2) is 0 Å². The molecule has 1 heterocycles. The first-order valence-corrected chi connectivity index (χ1v) is 11.1. The Morgan fingerprint density at radius 2 is 1.66 bits per heavy atom. The summed E-state index contributed by atoms with van der Waals surface area (Å²) in [5.74, 6) is -0.373. The van der Waals surface area contributed by atoms with Crippen molar-refractivity contribution < 1.29 is 18.0 Å². The van der Waals surface area contributed by atoms with Crippen molar-refractivity contribution in [2.75, 3.05) is 18.4 Å². The van der Waals surface area contributed by atoms with Crippen LogP contribution in [0.15, 0.2) is 53.4 Å². The van der Waals surface area contributed by atoms with Crippen LogP contribution in [0.1, 0.15) is 30.1 Å². The topological polar surface area (TPSA) is 95.6 Å². The second-order valence-electron chi connectivity index (χ2n) is 6.87. The highest BCUT2D eigenvalue weighted by Gasteiger charge is 2.27. The Bertz CT molecular complexity index is 1000. The number of nitrogens with one attached hydrogen (secondary N) is 2. The number of carbonyl (C=O) groups is 2. The highest BCUT2D eigenvalue weighted by atomic mass is 35.5. The van der Waals surface area contributed by atoms with Crippen molar-refractivity contribution in [3.63, 3.8) is 0 Å². The Balaban J connectivity index is 1.59. The lowest BCUT2D eigenvalue weighted by Gasteiger charge is -2.32. The van der Waals surface area contributed by atoms with Gasteiger partial charge >= 0.3 is 0 Å². The minimum Gasteiger partial charge on any atom is -0.338 e. The molecule has 2 aromatic carbocycles. The largest absolute Gasteiger partial charge is 0.338 e. The van der Waals surface area contributed by atoms with Crippen LogP contribution in [-0.4, -0.2) is 44.3 Å². The SMILES string of the molecule is CC(=O)Nc1ccc(S(=O)(=O)NC2CCN(C(=O)c3ccccc3Cl)CC2)cc1. The van der Waals surface area contributed by atoms with Crippen LogP contribution in [0.4, 0.5) is 5.69 Å². The number of carbonyl (C=O) groups excluding carboxylic acids is 2. The fourth-order valence-corrected chi connectivity index (χ4v) is 4.74. The lowest BCUT2D eigenvalue weighted by atomic mass is 10.0. The number of anilines is 1. The van der Waals surface area contributed by atoms with Gasteiger partial charge in [-0.2, -0.15) is 0 Å². The van der Waals surface area contributed by atoms with Gasteiger partial charge in [-0.3, -0.25) is 9.59 Å². The van der Waals surface area contributed by atoms with Gasteiger partial charge in [-0.05, 0) is 49.2 Å². The van der Waals surface area contributed by atoms with Crippen molar-refractivity contribution in [3.05, 3.63) is 59.1 Å². The van der Waals surface area contributed by atoms with Crippen molar-refractivity contribution in [3.8, 4) is 0 Å². The standard InChI is InChI=1S/C20H22ClN3O4S/c1-14(25)22-15-6-8-17(9-7-15)29(27,28)23-16-10-12-24(13-11-16)20(26)18-4-2-3-5-19(18)21/h2-9,16,23H,10-13H2,1H3,(H,22,25). The first kappa shape index (κ1) is 21.3. The van der Waals surface area contributed by atoms with Gasteiger partial charge in [0.05, 0.1) is 15.5 Å². The van der Waals surface area contributed by atoms with Gasteiger partial charge in [-0.25, -0.2) is 13.1 Å². The van der Waals surface area contributed by atoms with E-state index in [0.717, 1.165) is 0 Å². The third-order valence-electron chi connectivity index (χ3n) is 4.69. The molecule has 3 rings (SSSR count). The van der Waals surface area contributed by atoms with Crippen molar-refractivity contribution in [1.29, 1.82) is 0 Å². The summed E-state index contributed by atoms with van der Waals surface area (Å²) in [5.41, 5.74) is 0.982. The Morgan fingerprint density at radius 1 is 1.03 bits per heavy atom. The molecule has 0 atom stereocenters. The predicted molar refractivity (Wildman–Crippen MR) is 111 cm³/mol. The zero-order chi connectivity index (χ0) is 21.0. The third-order valence-corrected chi connectivity index (χ3v) is 6.56. The van der Waals surface area contributed by atoms with E-state index < -0.39 is 10.0 Å². The molecule has 154 valence electrons. The Hall–Kier alpha value is -2.42. The highest BCUT2D eigenvalue weighted by molar-refractivity contribution is 7.89. The summed E-state index contributed by atoms with van der Waals surface area (Å²) < 4.78 is 27.9. The highest BCUT2D eigenvalue weighted by Crippen LogP contribution is 2.21. The summed E-state index contributed by atoms with van der Waals surface area (Å²) in [4.78, 5) is 25.5. The van der Waals surface area contributed by atoms with Gasteiger partial charge in [-0.15, -0.1) is 0 Å². The molecular weight excluding hydrogens is 414 g/mol. The summed E-state index contributed by atoms with van der Waals surface area (Å²) in [6, 6.07) is 12.6. The van der Waals surface area contributed by atoms with Crippen molar-refractivity contribution in [2.24, 2.45) is 0 Å². The molecule has 29 heavy (non-hydrogen) atoms. The van der Waals surface area contributed by atoms with E-state index >= 15 is 0 Å². The van der Waals surface area contributed by atoms with Crippen LogP contribution in [0.5, 0.6) is 0 Å². The molecule has 0 aromatic heterocycles. The molecule has 0 saturated carbocycles. The van der Waals surface area contributed by atoms with Crippen LogP contribution in [-0.2, 0) is 14.8 Å². The molecule has 1 saturated heterocycles. The van der Waals surface area contributed by atoms with Crippen LogP contribution in [0.3, 0.4) is 0 Å². The predicted octanol–water partition coefficient (Wildman–Crippen LogP) is 2.88. The number of likely N-dealkylation sites (tertiary alicyclic amines) is 1. The Kier molecular flexibility index (Phi) is 6.56. The maximum Gasteiger partial charge on any atom is 0.255 e. The quantitative estimate of drug-likeness (QED) is 0.754. The number of sulfonamides is 1. The van der Waals surface area contributed by atoms with Crippen LogP contribution in [0.25, 0.3) is 0 Å². The molecule has 9 heteroatoms. The van der Waals surface area contributed by atoms with Gasteiger partial charge in [-0.1, -0.05) is 23.7 Å². The van der Waals surface area contributed by atoms with Crippen LogP contribution in [0.2, 0.25) is 5.02 Å². The molecule has 0 spiro atoms. The van der Waals surface area contributed by atoms with E-state index in [1.165, 1.54) is 19.1 Å². The molecule has 2 N–H and O–H groups in total. The average Bonchev–Trinajstić information content (AvgIpc) is 2.68. The van der Waals surface area contributed by atoms with Gasteiger partial charge in [0.2, 0.25) is 15.9 Å².